The van der Waals surface area contributed by atoms with E-state index in [9.17, 15) is 14.4 Å². The van der Waals surface area contributed by atoms with Gasteiger partial charge >= 0.3 is 5.69 Å². The van der Waals surface area contributed by atoms with E-state index in [1.165, 1.54) is 20.5 Å². The third-order valence-electron chi connectivity index (χ3n) is 3.45. The first-order chi connectivity index (χ1) is 10.6. The lowest BCUT2D eigenvalue weighted by atomic mass is 10.3. The number of rotatable bonds is 7. The molecule has 0 atom stereocenters. The van der Waals surface area contributed by atoms with Crippen LogP contribution >= 0.6 is 11.3 Å². The second-order valence-electron chi connectivity index (χ2n) is 5.16. The van der Waals surface area contributed by atoms with E-state index in [0.717, 1.165) is 19.3 Å². The molecule has 0 radical (unpaired) electrons. The van der Waals surface area contributed by atoms with Crippen LogP contribution in [-0.2, 0) is 17.9 Å². The molecule has 0 fully saturated rings. The molecule has 2 rings (SSSR count). The highest BCUT2D eigenvalue weighted by Gasteiger charge is 2.15. The molecule has 2 aromatic heterocycles. The van der Waals surface area contributed by atoms with Crippen LogP contribution in [0.25, 0.3) is 10.2 Å². The molecule has 0 aromatic carbocycles. The topological polar surface area (TPSA) is 73.1 Å². The fourth-order valence-electron chi connectivity index (χ4n) is 2.26. The molecule has 120 valence electrons. The maximum Gasteiger partial charge on any atom is 0.332 e. The van der Waals surface area contributed by atoms with Gasteiger partial charge in [0, 0.05) is 13.1 Å². The van der Waals surface area contributed by atoms with Crippen LogP contribution in [0.3, 0.4) is 0 Å². The predicted octanol–water partition coefficient (Wildman–Crippen LogP) is 1.55. The summed E-state index contributed by atoms with van der Waals surface area (Å²) in [6, 6.07) is 1.72. The Bertz CT molecular complexity index is 772. The highest BCUT2D eigenvalue weighted by molar-refractivity contribution is 7.17. The first kappa shape index (κ1) is 16.5. The summed E-state index contributed by atoms with van der Waals surface area (Å²) in [6.45, 7) is 4.88. The lowest BCUT2D eigenvalue weighted by Crippen LogP contribution is -2.42. The van der Waals surface area contributed by atoms with Crippen molar-refractivity contribution >= 4 is 27.5 Å². The lowest BCUT2D eigenvalue weighted by molar-refractivity contribution is -0.121. The molecule has 2 aromatic rings. The van der Waals surface area contributed by atoms with Crippen LogP contribution in [0.1, 0.15) is 33.1 Å². The molecule has 6 nitrogen and oxygen atoms in total. The van der Waals surface area contributed by atoms with Gasteiger partial charge in [0.25, 0.3) is 5.56 Å². The molecule has 0 saturated heterocycles. The zero-order valence-electron chi connectivity index (χ0n) is 12.9. The monoisotopic (exact) mass is 323 g/mol. The molecule has 0 saturated carbocycles. The summed E-state index contributed by atoms with van der Waals surface area (Å²) in [5.41, 5.74) is -0.121. The molecular weight excluding hydrogens is 302 g/mol. The lowest BCUT2D eigenvalue weighted by Gasteiger charge is -2.12. The minimum atomic E-state index is -0.406. The smallest absolute Gasteiger partial charge is 0.332 e. The molecule has 0 spiro atoms. The van der Waals surface area contributed by atoms with Crippen LogP contribution in [0.2, 0.25) is 0 Å². The number of nitrogens with zero attached hydrogens (tertiary/aromatic N) is 2. The summed E-state index contributed by atoms with van der Waals surface area (Å²) in [7, 11) is 0. The van der Waals surface area contributed by atoms with E-state index >= 15 is 0 Å². The van der Waals surface area contributed by atoms with Crippen molar-refractivity contribution in [3.8, 4) is 0 Å². The summed E-state index contributed by atoms with van der Waals surface area (Å²) in [6.07, 6.45) is 2.49. The van der Waals surface area contributed by atoms with Gasteiger partial charge in [-0.15, -0.1) is 11.3 Å². The van der Waals surface area contributed by atoms with Gasteiger partial charge in [-0.25, -0.2) is 4.79 Å². The highest BCUT2D eigenvalue weighted by Crippen LogP contribution is 2.15. The Morgan fingerprint density at radius 2 is 2.00 bits per heavy atom. The number of unbranched alkanes of at least 4 members (excludes halogenated alkanes) is 1. The van der Waals surface area contributed by atoms with Crippen molar-refractivity contribution in [1.29, 1.82) is 0 Å². The Balaban J connectivity index is 2.48. The van der Waals surface area contributed by atoms with E-state index in [1.54, 1.807) is 11.4 Å². The Morgan fingerprint density at radius 3 is 2.68 bits per heavy atom. The minimum Gasteiger partial charge on any atom is -0.355 e. The molecule has 0 aliphatic carbocycles. The number of fused-ring (bicyclic) bond motifs is 1. The van der Waals surface area contributed by atoms with Crippen LogP contribution in [0.4, 0.5) is 0 Å². The second kappa shape index (κ2) is 7.40. The Labute approximate surface area is 132 Å². The van der Waals surface area contributed by atoms with Crippen molar-refractivity contribution < 1.29 is 4.79 Å². The van der Waals surface area contributed by atoms with Crippen LogP contribution in [0.5, 0.6) is 0 Å². The van der Waals surface area contributed by atoms with Gasteiger partial charge in [-0.1, -0.05) is 20.3 Å². The van der Waals surface area contributed by atoms with Crippen LogP contribution in [-0.4, -0.2) is 21.6 Å². The first-order valence-electron chi connectivity index (χ1n) is 7.57. The molecule has 0 bridgehead atoms. The molecule has 2 heterocycles. The van der Waals surface area contributed by atoms with Gasteiger partial charge in [-0.2, -0.15) is 0 Å². The van der Waals surface area contributed by atoms with Crippen molar-refractivity contribution in [2.24, 2.45) is 0 Å². The van der Waals surface area contributed by atoms with Gasteiger partial charge in [0.15, 0.2) is 0 Å². The number of carbonyl (C=O) groups is 1. The van der Waals surface area contributed by atoms with Crippen molar-refractivity contribution in [3.05, 3.63) is 32.3 Å². The van der Waals surface area contributed by atoms with Crippen molar-refractivity contribution in [2.45, 2.75) is 46.2 Å². The molecular formula is C15H21N3O3S. The quantitative estimate of drug-likeness (QED) is 0.840. The molecule has 1 N–H and O–H groups in total. The fraction of sp³-hybridized carbons (Fsp3) is 0.533. The average molecular weight is 323 g/mol. The van der Waals surface area contributed by atoms with Gasteiger partial charge in [0.2, 0.25) is 5.91 Å². The molecule has 0 aliphatic rings. The Kier molecular flexibility index (Phi) is 5.54. The summed E-state index contributed by atoms with van der Waals surface area (Å²) in [4.78, 5) is 36.9. The van der Waals surface area contributed by atoms with E-state index in [1.807, 2.05) is 13.8 Å². The second-order valence-corrected chi connectivity index (χ2v) is 6.08. The number of amides is 1. The molecule has 1 amide bonds. The van der Waals surface area contributed by atoms with Gasteiger partial charge in [-0.05, 0) is 24.3 Å². The number of nitrogens with one attached hydrogen (secondary N) is 1. The van der Waals surface area contributed by atoms with Crippen LogP contribution in [0.15, 0.2) is 21.0 Å². The van der Waals surface area contributed by atoms with Crippen LogP contribution < -0.4 is 16.6 Å². The maximum absolute atomic E-state index is 12.6. The van der Waals surface area contributed by atoms with E-state index < -0.39 is 5.69 Å². The predicted molar refractivity (Wildman–Crippen MR) is 88.6 cm³/mol. The van der Waals surface area contributed by atoms with Gasteiger partial charge < -0.3 is 5.32 Å². The minimum absolute atomic E-state index is 0.0571. The third-order valence-corrected chi connectivity index (χ3v) is 4.34. The van der Waals surface area contributed by atoms with Crippen molar-refractivity contribution in [3.63, 3.8) is 0 Å². The SMILES string of the molecule is CCCCn1c(=O)c2sccc2n(CC(=O)NCCC)c1=O. The van der Waals surface area contributed by atoms with E-state index in [0.29, 0.717) is 23.3 Å². The number of carbonyl (C=O) groups excluding carboxylic acids is 1. The fourth-order valence-corrected chi connectivity index (χ4v) is 3.11. The average Bonchev–Trinajstić information content (AvgIpc) is 2.99. The van der Waals surface area contributed by atoms with Crippen molar-refractivity contribution in [2.75, 3.05) is 6.54 Å². The van der Waals surface area contributed by atoms with Crippen molar-refractivity contribution in [1.82, 2.24) is 14.5 Å². The zero-order chi connectivity index (χ0) is 16.1. The zero-order valence-corrected chi connectivity index (χ0v) is 13.7. The summed E-state index contributed by atoms with van der Waals surface area (Å²) in [5.74, 6) is -0.211. The summed E-state index contributed by atoms with van der Waals surface area (Å²) >= 11 is 1.30. The van der Waals surface area contributed by atoms with E-state index in [-0.39, 0.29) is 18.0 Å². The van der Waals surface area contributed by atoms with Gasteiger partial charge in [-0.3, -0.25) is 18.7 Å². The van der Waals surface area contributed by atoms with E-state index in [2.05, 4.69) is 5.32 Å². The Morgan fingerprint density at radius 1 is 1.23 bits per heavy atom. The molecule has 7 heteroatoms. The van der Waals surface area contributed by atoms with Gasteiger partial charge in [0.05, 0.1) is 5.52 Å². The molecule has 0 aliphatic heterocycles. The largest absolute Gasteiger partial charge is 0.355 e. The van der Waals surface area contributed by atoms with Gasteiger partial charge in [0.1, 0.15) is 11.2 Å². The highest BCUT2D eigenvalue weighted by atomic mass is 32.1. The normalized spacial score (nSPS) is 11.0. The summed E-state index contributed by atoms with van der Waals surface area (Å²) < 4.78 is 3.17. The number of hydrogen-bond donors (Lipinski definition) is 1. The number of aromatic nitrogens is 2. The maximum atomic E-state index is 12.6. The molecule has 0 unspecified atom stereocenters. The third kappa shape index (κ3) is 3.30. The first-order valence-corrected chi connectivity index (χ1v) is 8.45. The van der Waals surface area contributed by atoms with Crippen LogP contribution in [0, 0.1) is 0 Å². The Hall–Kier alpha value is -1.89. The summed E-state index contributed by atoms with van der Waals surface area (Å²) in [5, 5.41) is 4.53. The van der Waals surface area contributed by atoms with E-state index in [4.69, 9.17) is 0 Å². The number of thiophene rings is 1. The molecule has 22 heavy (non-hydrogen) atoms. The standard InChI is InChI=1S/C15H21N3O3S/c1-3-5-8-17-14(20)13-11(6-9-22-13)18(15(17)21)10-12(19)16-7-4-2/h6,9H,3-5,7-8,10H2,1-2H3,(H,16,19). The number of hydrogen-bond acceptors (Lipinski definition) is 4.